The molecule has 1 aromatic carbocycles. The molecule has 2 aromatic heterocycles. The fourth-order valence-corrected chi connectivity index (χ4v) is 3.48. The summed E-state index contributed by atoms with van der Waals surface area (Å²) in [6.07, 6.45) is 5.63. The molecule has 0 aliphatic heterocycles. The molecule has 0 saturated carbocycles. The third-order valence-electron chi connectivity index (χ3n) is 4.74. The average Bonchev–Trinajstić information content (AvgIpc) is 3.21. The number of rotatable bonds is 4. The highest BCUT2D eigenvalue weighted by Gasteiger charge is 2.26. The van der Waals surface area contributed by atoms with Crippen molar-refractivity contribution >= 4 is 17.4 Å². The number of aryl methyl sites for hydroxylation is 1. The Hall–Kier alpha value is -3.15. The van der Waals surface area contributed by atoms with Crippen molar-refractivity contribution in [3.05, 3.63) is 70.8 Å². The smallest absolute Gasteiger partial charge is 0.272 e. The van der Waals surface area contributed by atoms with Crippen molar-refractivity contribution in [3.63, 3.8) is 0 Å². The molecule has 0 fully saturated rings. The molecular weight excluding hydrogens is 328 g/mol. The standard InChI is InChI=1S/C20H20N4O2/c1-13-18-16(8-5-9-17(18)25)23-19(13)20(26)22-15-10-21-24(12-15)11-14-6-3-2-4-7-14/h2-4,6-7,10,12,23H,5,8-9,11H2,1H3,(H,22,26). The molecule has 0 saturated heterocycles. The first-order valence-electron chi connectivity index (χ1n) is 8.74. The van der Waals surface area contributed by atoms with Gasteiger partial charge in [-0.2, -0.15) is 5.10 Å². The van der Waals surface area contributed by atoms with E-state index >= 15 is 0 Å². The molecular formula is C20H20N4O2. The van der Waals surface area contributed by atoms with Crippen molar-refractivity contribution in [2.75, 3.05) is 5.32 Å². The SMILES string of the molecule is Cc1c(C(=O)Nc2cnn(Cc3ccccc3)c2)[nH]c2c1C(=O)CCC2. The second-order valence-corrected chi connectivity index (χ2v) is 6.62. The number of benzene rings is 1. The Labute approximate surface area is 151 Å². The van der Waals surface area contributed by atoms with Gasteiger partial charge in [0.15, 0.2) is 5.78 Å². The fraction of sp³-hybridized carbons (Fsp3) is 0.250. The molecule has 0 unspecified atom stereocenters. The number of Topliss-reactive ketones (excluding diaryl/α,β-unsaturated/α-hetero) is 1. The number of nitrogens with zero attached hydrogens (tertiary/aromatic N) is 2. The van der Waals surface area contributed by atoms with Crippen molar-refractivity contribution in [2.24, 2.45) is 0 Å². The number of ketones is 1. The Bertz CT molecular complexity index is 969. The number of carbonyl (C=O) groups is 2. The van der Waals surface area contributed by atoms with E-state index in [1.807, 2.05) is 37.3 Å². The summed E-state index contributed by atoms with van der Waals surface area (Å²) < 4.78 is 1.78. The van der Waals surface area contributed by atoms with E-state index in [0.29, 0.717) is 29.9 Å². The van der Waals surface area contributed by atoms with Gasteiger partial charge in [-0.3, -0.25) is 14.3 Å². The van der Waals surface area contributed by atoms with Crippen LogP contribution in [0.2, 0.25) is 0 Å². The van der Waals surface area contributed by atoms with E-state index in [1.165, 1.54) is 0 Å². The lowest BCUT2D eigenvalue weighted by Crippen LogP contribution is -2.13. The second-order valence-electron chi connectivity index (χ2n) is 6.62. The van der Waals surface area contributed by atoms with E-state index in [0.717, 1.165) is 29.7 Å². The Morgan fingerprint density at radius 3 is 2.85 bits per heavy atom. The molecule has 1 aliphatic carbocycles. The molecule has 1 aliphatic rings. The van der Waals surface area contributed by atoms with Gasteiger partial charge >= 0.3 is 0 Å². The molecule has 0 radical (unpaired) electrons. The molecule has 3 aromatic rings. The average molecular weight is 348 g/mol. The zero-order valence-corrected chi connectivity index (χ0v) is 14.6. The van der Waals surface area contributed by atoms with Crippen molar-refractivity contribution < 1.29 is 9.59 Å². The topological polar surface area (TPSA) is 79.8 Å². The first kappa shape index (κ1) is 16.3. The monoisotopic (exact) mass is 348 g/mol. The summed E-state index contributed by atoms with van der Waals surface area (Å²) in [5.74, 6) is -0.126. The summed E-state index contributed by atoms with van der Waals surface area (Å²) in [6.45, 7) is 2.47. The number of hydrogen-bond donors (Lipinski definition) is 2. The third-order valence-corrected chi connectivity index (χ3v) is 4.74. The molecule has 2 N–H and O–H groups in total. The molecule has 0 bridgehead atoms. The normalized spacial score (nSPS) is 13.5. The van der Waals surface area contributed by atoms with Gasteiger partial charge in [0, 0.05) is 23.9 Å². The van der Waals surface area contributed by atoms with E-state index < -0.39 is 0 Å². The summed E-state index contributed by atoms with van der Waals surface area (Å²) >= 11 is 0. The van der Waals surface area contributed by atoms with Gasteiger partial charge in [-0.25, -0.2) is 0 Å². The minimum absolute atomic E-state index is 0.120. The Kier molecular flexibility index (Phi) is 4.16. The van der Waals surface area contributed by atoms with E-state index in [9.17, 15) is 9.59 Å². The molecule has 1 amide bonds. The van der Waals surface area contributed by atoms with Crippen LogP contribution in [0.15, 0.2) is 42.7 Å². The lowest BCUT2D eigenvalue weighted by Gasteiger charge is -2.09. The molecule has 132 valence electrons. The van der Waals surface area contributed by atoms with Crippen LogP contribution in [0.5, 0.6) is 0 Å². The first-order chi connectivity index (χ1) is 12.6. The van der Waals surface area contributed by atoms with E-state index in [2.05, 4.69) is 15.4 Å². The van der Waals surface area contributed by atoms with Gasteiger partial charge in [0.1, 0.15) is 5.69 Å². The second kappa shape index (κ2) is 6.63. The maximum Gasteiger partial charge on any atom is 0.272 e. The predicted octanol–water partition coefficient (Wildman–Crippen LogP) is 3.34. The van der Waals surface area contributed by atoms with Gasteiger partial charge in [-0.1, -0.05) is 30.3 Å². The Balaban J connectivity index is 1.50. The van der Waals surface area contributed by atoms with Gasteiger partial charge in [0.25, 0.3) is 5.91 Å². The van der Waals surface area contributed by atoms with Gasteiger partial charge in [-0.15, -0.1) is 0 Å². The number of carbonyl (C=O) groups excluding carboxylic acids is 2. The zero-order valence-electron chi connectivity index (χ0n) is 14.6. The third kappa shape index (κ3) is 3.06. The summed E-state index contributed by atoms with van der Waals surface area (Å²) in [4.78, 5) is 27.9. The van der Waals surface area contributed by atoms with Crippen LogP contribution in [0.4, 0.5) is 5.69 Å². The van der Waals surface area contributed by atoms with Gasteiger partial charge in [-0.05, 0) is 30.9 Å². The number of nitrogens with one attached hydrogen (secondary N) is 2. The zero-order chi connectivity index (χ0) is 18.1. The van der Waals surface area contributed by atoms with Crippen LogP contribution in [0.25, 0.3) is 0 Å². The predicted molar refractivity (Wildman–Crippen MR) is 98.5 cm³/mol. The minimum Gasteiger partial charge on any atom is -0.354 e. The number of H-pyrrole nitrogens is 1. The van der Waals surface area contributed by atoms with Gasteiger partial charge < -0.3 is 10.3 Å². The summed E-state index contributed by atoms with van der Waals surface area (Å²) in [5, 5.41) is 7.16. The quantitative estimate of drug-likeness (QED) is 0.759. The van der Waals surface area contributed by atoms with Gasteiger partial charge in [0.05, 0.1) is 18.4 Å². The van der Waals surface area contributed by atoms with Crippen molar-refractivity contribution in [1.29, 1.82) is 0 Å². The lowest BCUT2D eigenvalue weighted by atomic mass is 9.94. The molecule has 0 spiro atoms. The molecule has 6 heteroatoms. The van der Waals surface area contributed by atoms with Crippen molar-refractivity contribution in [3.8, 4) is 0 Å². The van der Waals surface area contributed by atoms with Crippen LogP contribution >= 0.6 is 0 Å². The minimum atomic E-state index is -0.246. The maximum absolute atomic E-state index is 12.6. The van der Waals surface area contributed by atoms with Crippen LogP contribution in [0.1, 0.15) is 50.5 Å². The van der Waals surface area contributed by atoms with Crippen molar-refractivity contribution in [2.45, 2.75) is 32.7 Å². The number of fused-ring (bicyclic) bond motifs is 1. The van der Waals surface area contributed by atoms with E-state index in [-0.39, 0.29) is 11.7 Å². The number of hydrogen-bond acceptors (Lipinski definition) is 3. The van der Waals surface area contributed by atoms with Crippen LogP contribution in [0.3, 0.4) is 0 Å². The number of anilines is 1. The molecule has 6 nitrogen and oxygen atoms in total. The number of aromatic nitrogens is 3. The van der Waals surface area contributed by atoms with Crippen LogP contribution in [-0.4, -0.2) is 26.5 Å². The summed E-state index contributed by atoms with van der Waals surface area (Å²) in [6, 6.07) is 10.0. The molecule has 0 atom stereocenters. The van der Waals surface area contributed by atoms with E-state index in [1.54, 1.807) is 17.1 Å². The van der Waals surface area contributed by atoms with E-state index in [4.69, 9.17) is 0 Å². The highest BCUT2D eigenvalue weighted by molar-refractivity contribution is 6.08. The maximum atomic E-state index is 12.6. The summed E-state index contributed by atoms with van der Waals surface area (Å²) in [5.41, 5.74) is 4.54. The highest BCUT2D eigenvalue weighted by atomic mass is 16.2. The van der Waals surface area contributed by atoms with Crippen LogP contribution < -0.4 is 5.32 Å². The Morgan fingerprint density at radius 1 is 1.27 bits per heavy atom. The summed E-state index contributed by atoms with van der Waals surface area (Å²) in [7, 11) is 0. The first-order valence-corrected chi connectivity index (χ1v) is 8.74. The molecule has 4 rings (SSSR count). The largest absolute Gasteiger partial charge is 0.354 e. The number of aromatic amines is 1. The van der Waals surface area contributed by atoms with Gasteiger partial charge in [0.2, 0.25) is 0 Å². The van der Waals surface area contributed by atoms with Crippen LogP contribution in [-0.2, 0) is 13.0 Å². The Morgan fingerprint density at radius 2 is 2.08 bits per heavy atom. The molecule has 26 heavy (non-hydrogen) atoms. The lowest BCUT2D eigenvalue weighted by molar-refractivity contribution is 0.0971. The number of amides is 1. The molecule has 2 heterocycles. The van der Waals surface area contributed by atoms with Crippen LogP contribution in [0, 0.1) is 6.92 Å². The fourth-order valence-electron chi connectivity index (χ4n) is 3.48. The highest BCUT2D eigenvalue weighted by Crippen LogP contribution is 2.26. The van der Waals surface area contributed by atoms with Crippen molar-refractivity contribution in [1.82, 2.24) is 14.8 Å².